The van der Waals surface area contributed by atoms with Crippen molar-refractivity contribution in [2.45, 2.75) is 38.6 Å². The van der Waals surface area contributed by atoms with Crippen LogP contribution in [0.5, 0.6) is 0 Å². The number of nitrogens with zero attached hydrogens (tertiary/aromatic N) is 2. The van der Waals surface area contributed by atoms with E-state index in [4.69, 9.17) is 5.73 Å². The fourth-order valence-electron chi connectivity index (χ4n) is 3.83. The second kappa shape index (κ2) is 5.06. The van der Waals surface area contributed by atoms with Gasteiger partial charge in [-0.1, -0.05) is 26.0 Å². The number of rotatable bonds is 1. The first kappa shape index (κ1) is 13.9. The van der Waals surface area contributed by atoms with E-state index < -0.39 is 0 Å². The average Bonchev–Trinajstić information content (AvgIpc) is 2.74. The van der Waals surface area contributed by atoms with Gasteiger partial charge in [0.25, 0.3) is 0 Å². The second-order valence-electron chi connectivity index (χ2n) is 6.35. The first-order valence-corrected chi connectivity index (χ1v) is 8.18. The zero-order valence-corrected chi connectivity index (χ0v) is 13.7. The summed E-state index contributed by atoms with van der Waals surface area (Å²) in [6.07, 6.45) is 3.68. The normalized spacial score (nSPS) is 33.5. The largest absolute Gasteiger partial charge is 0.369 e. The van der Waals surface area contributed by atoms with Gasteiger partial charge in [0.1, 0.15) is 0 Å². The van der Waals surface area contributed by atoms with Crippen LogP contribution in [0, 0.1) is 11.8 Å². The van der Waals surface area contributed by atoms with Gasteiger partial charge in [0.05, 0.1) is 17.8 Å². The third kappa shape index (κ3) is 2.05. The lowest BCUT2D eigenvalue weighted by Crippen LogP contribution is -2.58. The van der Waals surface area contributed by atoms with E-state index in [0.717, 1.165) is 22.6 Å². The molecular weight excluding hydrogens is 314 g/mol. The van der Waals surface area contributed by atoms with E-state index in [0.29, 0.717) is 11.9 Å². The smallest absolute Gasteiger partial charge is 0.196 e. The molecule has 0 radical (unpaired) electrons. The van der Waals surface area contributed by atoms with Gasteiger partial charge in [-0.3, -0.25) is 4.99 Å². The lowest BCUT2D eigenvalue weighted by molar-refractivity contribution is 0.180. The number of guanidine groups is 1. The van der Waals surface area contributed by atoms with Crippen molar-refractivity contribution in [2.24, 2.45) is 22.6 Å². The Morgan fingerprint density at radius 3 is 2.80 bits per heavy atom. The molecule has 1 aliphatic carbocycles. The predicted molar refractivity (Wildman–Crippen MR) is 88.0 cm³/mol. The van der Waals surface area contributed by atoms with E-state index in [-0.39, 0.29) is 5.54 Å². The van der Waals surface area contributed by atoms with Gasteiger partial charge in [-0.15, -0.1) is 0 Å². The second-order valence-corrected chi connectivity index (χ2v) is 7.20. The van der Waals surface area contributed by atoms with Crippen molar-refractivity contribution >= 4 is 27.6 Å². The van der Waals surface area contributed by atoms with E-state index in [9.17, 15) is 0 Å². The molecule has 1 spiro atoms. The van der Waals surface area contributed by atoms with Gasteiger partial charge >= 0.3 is 0 Å². The van der Waals surface area contributed by atoms with E-state index in [1.165, 1.54) is 19.3 Å². The molecule has 0 aromatic heterocycles. The molecule has 0 amide bonds. The van der Waals surface area contributed by atoms with E-state index in [1.807, 2.05) is 6.07 Å². The average molecular weight is 336 g/mol. The monoisotopic (exact) mass is 335 g/mol. The molecule has 3 atom stereocenters. The summed E-state index contributed by atoms with van der Waals surface area (Å²) in [5.41, 5.74) is 7.45. The molecule has 2 N–H and O–H groups in total. The molecule has 1 aliphatic heterocycles. The molecule has 0 saturated heterocycles. The Hall–Kier alpha value is -1.03. The fraction of sp³-hybridized carbons (Fsp3) is 0.562. The van der Waals surface area contributed by atoms with Gasteiger partial charge in [-0.05, 0) is 59.2 Å². The third-order valence-electron chi connectivity index (χ3n) is 5.03. The van der Waals surface area contributed by atoms with Gasteiger partial charge in [0, 0.05) is 4.47 Å². The van der Waals surface area contributed by atoms with Crippen molar-refractivity contribution < 1.29 is 0 Å². The molecule has 1 aromatic carbocycles. The Labute approximate surface area is 129 Å². The number of anilines is 1. The molecule has 3 nitrogen and oxygen atoms in total. The highest BCUT2D eigenvalue weighted by Gasteiger charge is 2.49. The molecular formula is C16H22BrN3. The van der Waals surface area contributed by atoms with Crippen LogP contribution in [0.1, 0.15) is 33.1 Å². The molecule has 108 valence electrons. The van der Waals surface area contributed by atoms with E-state index in [1.54, 1.807) is 0 Å². The summed E-state index contributed by atoms with van der Waals surface area (Å²) in [6, 6.07) is 8.31. The van der Waals surface area contributed by atoms with Crippen LogP contribution < -0.4 is 10.6 Å². The fourth-order valence-corrected chi connectivity index (χ4v) is 4.30. The SMILES string of the molecule is CC1CCC2(CN=C(N)N2c2ccccc2Br)C(C)C1. The summed E-state index contributed by atoms with van der Waals surface area (Å²) in [6.45, 7) is 5.53. The maximum absolute atomic E-state index is 6.24. The number of para-hydroxylation sites is 1. The van der Waals surface area contributed by atoms with Crippen molar-refractivity contribution in [1.29, 1.82) is 0 Å². The Balaban J connectivity index is 2.03. The van der Waals surface area contributed by atoms with Gasteiger partial charge in [0.15, 0.2) is 5.96 Å². The summed E-state index contributed by atoms with van der Waals surface area (Å²) in [7, 11) is 0. The number of halogens is 1. The van der Waals surface area contributed by atoms with Crippen LogP contribution in [0.15, 0.2) is 33.7 Å². The van der Waals surface area contributed by atoms with Crippen molar-refractivity contribution in [3.8, 4) is 0 Å². The van der Waals surface area contributed by atoms with Crippen molar-refractivity contribution in [2.75, 3.05) is 11.4 Å². The summed E-state index contributed by atoms with van der Waals surface area (Å²) >= 11 is 3.66. The molecule has 3 rings (SSSR count). The first-order chi connectivity index (χ1) is 9.54. The van der Waals surface area contributed by atoms with Gasteiger partial charge in [-0.2, -0.15) is 0 Å². The van der Waals surface area contributed by atoms with E-state index in [2.05, 4.69) is 57.9 Å². The molecule has 3 unspecified atom stereocenters. The highest BCUT2D eigenvalue weighted by molar-refractivity contribution is 9.10. The highest BCUT2D eigenvalue weighted by Crippen LogP contribution is 2.46. The Morgan fingerprint density at radius 2 is 2.10 bits per heavy atom. The summed E-state index contributed by atoms with van der Waals surface area (Å²) in [5.74, 6) is 2.07. The van der Waals surface area contributed by atoms with Crippen molar-refractivity contribution in [3.63, 3.8) is 0 Å². The minimum absolute atomic E-state index is 0.0699. The minimum Gasteiger partial charge on any atom is -0.369 e. The van der Waals surface area contributed by atoms with E-state index >= 15 is 0 Å². The molecule has 0 bridgehead atoms. The molecule has 4 heteroatoms. The number of nitrogens with two attached hydrogens (primary N) is 1. The van der Waals surface area contributed by atoms with Crippen molar-refractivity contribution in [1.82, 2.24) is 0 Å². The molecule has 1 saturated carbocycles. The number of hydrogen-bond donors (Lipinski definition) is 1. The standard InChI is InChI=1S/C16H22BrN3/c1-11-7-8-16(12(2)9-11)10-19-15(18)20(16)14-6-4-3-5-13(14)17/h3-6,11-12H,7-10H2,1-2H3,(H2,18,19). The highest BCUT2D eigenvalue weighted by atomic mass is 79.9. The Kier molecular flexibility index (Phi) is 3.53. The third-order valence-corrected chi connectivity index (χ3v) is 5.70. The minimum atomic E-state index is 0.0699. The quantitative estimate of drug-likeness (QED) is 0.848. The number of hydrogen-bond acceptors (Lipinski definition) is 3. The van der Waals surface area contributed by atoms with Gasteiger partial charge < -0.3 is 10.6 Å². The van der Waals surface area contributed by atoms with Crippen LogP contribution in [0.4, 0.5) is 5.69 Å². The van der Waals surface area contributed by atoms with Crippen LogP contribution in [0.2, 0.25) is 0 Å². The lowest BCUT2D eigenvalue weighted by atomic mass is 9.69. The Morgan fingerprint density at radius 1 is 1.35 bits per heavy atom. The molecule has 1 heterocycles. The maximum atomic E-state index is 6.24. The van der Waals surface area contributed by atoms with Crippen LogP contribution in [0.3, 0.4) is 0 Å². The summed E-state index contributed by atoms with van der Waals surface area (Å²) < 4.78 is 1.09. The first-order valence-electron chi connectivity index (χ1n) is 7.39. The molecule has 20 heavy (non-hydrogen) atoms. The van der Waals surface area contributed by atoms with Crippen LogP contribution in [-0.2, 0) is 0 Å². The molecule has 1 aromatic rings. The maximum Gasteiger partial charge on any atom is 0.196 e. The summed E-state index contributed by atoms with van der Waals surface area (Å²) in [5, 5.41) is 0. The Bertz CT molecular complexity index is 542. The number of benzene rings is 1. The van der Waals surface area contributed by atoms with Crippen molar-refractivity contribution in [3.05, 3.63) is 28.7 Å². The van der Waals surface area contributed by atoms with Gasteiger partial charge in [0.2, 0.25) is 0 Å². The van der Waals surface area contributed by atoms with Crippen LogP contribution >= 0.6 is 15.9 Å². The predicted octanol–water partition coefficient (Wildman–Crippen LogP) is 3.78. The lowest BCUT2D eigenvalue weighted by Gasteiger charge is -2.48. The molecule has 2 aliphatic rings. The zero-order chi connectivity index (χ0) is 14.3. The zero-order valence-electron chi connectivity index (χ0n) is 12.1. The summed E-state index contributed by atoms with van der Waals surface area (Å²) in [4.78, 5) is 6.87. The van der Waals surface area contributed by atoms with Crippen LogP contribution in [-0.4, -0.2) is 18.0 Å². The molecule has 1 fully saturated rings. The van der Waals surface area contributed by atoms with Crippen LogP contribution in [0.25, 0.3) is 0 Å². The van der Waals surface area contributed by atoms with Gasteiger partial charge in [-0.25, -0.2) is 0 Å². The number of aliphatic imine (C=N–C) groups is 1. The topological polar surface area (TPSA) is 41.6 Å².